The van der Waals surface area contributed by atoms with Gasteiger partial charge in [-0.15, -0.1) is 10.2 Å². The Labute approximate surface area is 143 Å². The lowest BCUT2D eigenvalue weighted by Crippen LogP contribution is -2.15. The second-order valence-electron chi connectivity index (χ2n) is 5.94. The van der Waals surface area contributed by atoms with Crippen molar-refractivity contribution in [3.63, 3.8) is 0 Å². The van der Waals surface area contributed by atoms with E-state index in [4.69, 9.17) is 4.74 Å². The highest BCUT2D eigenvalue weighted by molar-refractivity contribution is 8.00. The Balaban J connectivity index is 1.76. The topological polar surface area (TPSA) is 72.8 Å². The van der Waals surface area contributed by atoms with Crippen LogP contribution in [0.25, 0.3) is 22.3 Å². The number of fused-ring (bicyclic) bond motifs is 1. The van der Waals surface area contributed by atoms with Gasteiger partial charge in [-0.1, -0.05) is 30.0 Å². The van der Waals surface area contributed by atoms with Gasteiger partial charge in [0.15, 0.2) is 11.0 Å². The number of hydrogen-bond acceptors (Lipinski definition) is 5. The van der Waals surface area contributed by atoms with Crippen LogP contribution in [0.3, 0.4) is 0 Å². The number of H-pyrrole nitrogens is 1. The lowest BCUT2D eigenvalue weighted by molar-refractivity contribution is -0.139. The number of thioether (sulfide) groups is 1. The second kappa shape index (κ2) is 5.98. The maximum atomic E-state index is 11.7. The smallest absolute Gasteiger partial charge is 0.318 e. The predicted molar refractivity (Wildman–Crippen MR) is 92.9 cm³/mol. The highest BCUT2D eigenvalue weighted by atomic mass is 32.2. The van der Waals surface area contributed by atoms with E-state index >= 15 is 0 Å². The zero-order valence-electron chi connectivity index (χ0n) is 13.5. The van der Waals surface area contributed by atoms with E-state index in [2.05, 4.69) is 25.8 Å². The maximum Gasteiger partial charge on any atom is 0.318 e. The van der Waals surface area contributed by atoms with Crippen molar-refractivity contribution in [3.8, 4) is 11.4 Å². The maximum absolute atomic E-state index is 11.7. The van der Waals surface area contributed by atoms with Gasteiger partial charge in [0, 0.05) is 28.7 Å². The Morgan fingerprint density at radius 2 is 2.17 bits per heavy atom. The molecule has 2 heterocycles. The SMILES string of the molecule is COC(=O)C(C)Sc1nnc(-c2c[nH]c3ccccc23)n1C1CC1. The van der Waals surface area contributed by atoms with Gasteiger partial charge in [-0.2, -0.15) is 0 Å². The van der Waals surface area contributed by atoms with Crippen LogP contribution < -0.4 is 0 Å². The van der Waals surface area contributed by atoms with Crippen LogP contribution in [0, 0.1) is 0 Å². The Morgan fingerprint density at radius 3 is 2.92 bits per heavy atom. The van der Waals surface area contributed by atoms with Gasteiger partial charge in [0.25, 0.3) is 0 Å². The molecule has 1 unspecified atom stereocenters. The predicted octanol–water partition coefficient (Wildman–Crippen LogP) is 3.41. The van der Waals surface area contributed by atoms with Crippen LogP contribution in [0.5, 0.6) is 0 Å². The number of nitrogens with one attached hydrogen (secondary N) is 1. The number of benzene rings is 1. The highest BCUT2D eigenvalue weighted by Crippen LogP contribution is 2.42. The van der Waals surface area contributed by atoms with Gasteiger partial charge in [0.1, 0.15) is 5.25 Å². The number of rotatable bonds is 5. The minimum Gasteiger partial charge on any atom is -0.468 e. The molecule has 2 aromatic heterocycles. The van der Waals surface area contributed by atoms with Crippen LogP contribution in [0.1, 0.15) is 25.8 Å². The van der Waals surface area contributed by atoms with Crippen molar-refractivity contribution in [2.45, 2.75) is 36.2 Å². The number of hydrogen-bond donors (Lipinski definition) is 1. The third-order valence-corrected chi connectivity index (χ3v) is 5.26. The number of ether oxygens (including phenoxy) is 1. The van der Waals surface area contributed by atoms with Gasteiger partial charge in [-0.05, 0) is 25.8 Å². The molecule has 1 aromatic carbocycles. The summed E-state index contributed by atoms with van der Waals surface area (Å²) in [6, 6.07) is 8.57. The second-order valence-corrected chi connectivity index (χ2v) is 7.25. The average molecular weight is 342 g/mol. The zero-order chi connectivity index (χ0) is 16.7. The van der Waals surface area contributed by atoms with E-state index in [1.807, 2.05) is 31.3 Å². The molecule has 1 saturated carbocycles. The molecule has 1 fully saturated rings. The van der Waals surface area contributed by atoms with Crippen LogP contribution in [-0.2, 0) is 9.53 Å². The standard InChI is InChI=1S/C17H18N4O2S/c1-10(16(22)23-2)24-17-20-19-15(21(17)11-7-8-11)13-9-18-14-6-4-3-5-12(13)14/h3-6,9-11,18H,7-8H2,1-2H3. The number of methoxy groups -OCH3 is 1. The third kappa shape index (κ3) is 2.58. The number of carbonyl (C=O) groups excluding carboxylic acids is 1. The Kier molecular flexibility index (Phi) is 3.80. The molecule has 1 aliphatic rings. The van der Waals surface area contributed by atoms with Crippen molar-refractivity contribution in [1.82, 2.24) is 19.7 Å². The summed E-state index contributed by atoms with van der Waals surface area (Å²) in [5, 5.41) is 10.4. The number of esters is 1. The number of carbonyl (C=O) groups is 1. The van der Waals surface area contributed by atoms with Gasteiger partial charge in [-0.3, -0.25) is 9.36 Å². The van der Waals surface area contributed by atoms with Crippen LogP contribution in [0.2, 0.25) is 0 Å². The van der Waals surface area contributed by atoms with Crippen molar-refractivity contribution >= 4 is 28.6 Å². The molecule has 0 spiro atoms. The molecule has 0 aliphatic heterocycles. The largest absolute Gasteiger partial charge is 0.468 e. The van der Waals surface area contributed by atoms with E-state index in [1.165, 1.54) is 18.9 Å². The normalized spacial score (nSPS) is 15.6. The van der Waals surface area contributed by atoms with Crippen LogP contribution >= 0.6 is 11.8 Å². The third-order valence-electron chi connectivity index (χ3n) is 4.22. The van der Waals surface area contributed by atoms with Crippen molar-refractivity contribution < 1.29 is 9.53 Å². The molecule has 7 heteroatoms. The summed E-state index contributed by atoms with van der Waals surface area (Å²) in [4.78, 5) is 15.0. The van der Waals surface area contributed by atoms with E-state index in [0.29, 0.717) is 6.04 Å². The number of aromatic amines is 1. The van der Waals surface area contributed by atoms with Gasteiger partial charge in [-0.25, -0.2) is 0 Å². The Hall–Kier alpha value is -2.28. The van der Waals surface area contributed by atoms with E-state index < -0.39 is 0 Å². The summed E-state index contributed by atoms with van der Waals surface area (Å²) in [6.07, 6.45) is 4.22. The van der Waals surface area contributed by atoms with Crippen LogP contribution in [0.4, 0.5) is 0 Å². The monoisotopic (exact) mass is 342 g/mol. The summed E-state index contributed by atoms with van der Waals surface area (Å²) in [7, 11) is 1.41. The van der Waals surface area contributed by atoms with Crippen molar-refractivity contribution in [2.75, 3.05) is 7.11 Å². The fourth-order valence-electron chi connectivity index (χ4n) is 2.83. The lowest BCUT2D eigenvalue weighted by atomic mass is 10.1. The fourth-order valence-corrected chi connectivity index (χ4v) is 3.78. The first-order chi connectivity index (χ1) is 11.7. The average Bonchev–Trinajstić information content (AvgIpc) is 3.22. The van der Waals surface area contributed by atoms with Gasteiger partial charge in [0.05, 0.1) is 7.11 Å². The summed E-state index contributed by atoms with van der Waals surface area (Å²) in [5.74, 6) is 0.605. The van der Waals surface area contributed by atoms with Crippen molar-refractivity contribution in [3.05, 3.63) is 30.5 Å². The minimum atomic E-state index is -0.312. The molecule has 24 heavy (non-hydrogen) atoms. The molecule has 0 saturated heterocycles. The fraction of sp³-hybridized carbons (Fsp3) is 0.353. The molecule has 0 amide bonds. The summed E-state index contributed by atoms with van der Waals surface area (Å²) in [6.45, 7) is 1.83. The van der Waals surface area contributed by atoms with Gasteiger partial charge in [0.2, 0.25) is 0 Å². The molecular weight excluding hydrogens is 324 g/mol. The van der Waals surface area contributed by atoms with E-state index in [0.717, 1.165) is 40.3 Å². The molecule has 124 valence electrons. The molecule has 4 rings (SSSR count). The van der Waals surface area contributed by atoms with Crippen LogP contribution in [-0.4, -0.2) is 38.1 Å². The quantitative estimate of drug-likeness (QED) is 0.568. The van der Waals surface area contributed by atoms with E-state index in [1.54, 1.807) is 0 Å². The Morgan fingerprint density at radius 1 is 1.38 bits per heavy atom. The molecule has 3 aromatic rings. The van der Waals surface area contributed by atoms with Crippen LogP contribution in [0.15, 0.2) is 35.6 Å². The van der Waals surface area contributed by atoms with Gasteiger partial charge < -0.3 is 9.72 Å². The Bertz CT molecular complexity index is 897. The first-order valence-electron chi connectivity index (χ1n) is 7.95. The molecule has 6 nitrogen and oxygen atoms in total. The lowest BCUT2D eigenvalue weighted by Gasteiger charge is -2.11. The molecular formula is C17H18N4O2S. The van der Waals surface area contributed by atoms with E-state index in [9.17, 15) is 4.79 Å². The summed E-state index contributed by atoms with van der Waals surface area (Å²) in [5.41, 5.74) is 2.12. The van der Waals surface area contributed by atoms with Crippen molar-refractivity contribution in [1.29, 1.82) is 0 Å². The minimum absolute atomic E-state index is 0.251. The van der Waals surface area contributed by atoms with E-state index in [-0.39, 0.29) is 11.2 Å². The van der Waals surface area contributed by atoms with Crippen molar-refractivity contribution in [2.24, 2.45) is 0 Å². The number of nitrogens with zero attached hydrogens (tertiary/aromatic N) is 3. The number of aromatic nitrogens is 4. The first-order valence-corrected chi connectivity index (χ1v) is 8.83. The summed E-state index contributed by atoms with van der Waals surface area (Å²) < 4.78 is 6.98. The first kappa shape index (κ1) is 15.3. The molecule has 0 bridgehead atoms. The zero-order valence-corrected chi connectivity index (χ0v) is 14.3. The summed E-state index contributed by atoms with van der Waals surface area (Å²) >= 11 is 1.40. The molecule has 1 atom stereocenters. The molecule has 1 N–H and O–H groups in total. The molecule has 1 aliphatic carbocycles. The van der Waals surface area contributed by atoms with Gasteiger partial charge >= 0.3 is 5.97 Å². The highest BCUT2D eigenvalue weighted by Gasteiger charge is 2.32. The molecule has 0 radical (unpaired) electrons. The number of para-hydroxylation sites is 1.